The minimum Gasteiger partial charge on any atom is -0.497 e. The number of carbonyl (C=O) groups excluding carboxylic acids is 1. The van der Waals surface area contributed by atoms with Gasteiger partial charge in [-0.05, 0) is 60.7 Å². The zero-order valence-corrected chi connectivity index (χ0v) is 18.7. The number of amides is 1. The molecular formula is C22H30N2O4S. The average molecular weight is 419 g/mol. The van der Waals surface area contributed by atoms with Crippen molar-refractivity contribution in [1.82, 2.24) is 5.32 Å². The lowest BCUT2D eigenvalue weighted by Crippen LogP contribution is -2.30. The van der Waals surface area contributed by atoms with Gasteiger partial charge in [-0.3, -0.25) is 9.10 Å². The summed E-state index contributed by atoms with van der Waals surface area (Å²) in [6.07, 6.45) is 1.95. The SMILES string of the molecule is COc1ccc([C@H](CC(C)C)NC(=O)c2ccc(N(C)S(C)(=O)=O)c(C)c2)cc1. The molecule has 6 nitrogen and oxygen atoms in total. The fraction of sp³-hybridized carbons (Fsp3) is 0.409. The van der Waals surface area contributed by atoms with Gasteiger partial charge in [0.05, 0.1) is 25.1 Å². The van der Waals surface area contributed by atoms with Crippen molar-refractivity contribution in [3.05, 3.63) is 59.2 Å². The Balaban J connectivity index is 2.25. The van der Waals surface area contributed by atoms with E-state index in [4.69, 9.17) is 4.74 Å². The molecular weight excluding hydrogens is 388 g/mol. The highest BCUT2D eigenvalue weighted by Gasteiger charge is 2.19. The highest BCUT2D eigenvalue weighted by Crippen LogP contribution is 2.26. The van der Waals surface area contributed by atoms with Crippen LogP contribution in [0.4, 0.5) is 5.69 Å². The molecule has 0 spiro atoms. The van der Waals surface area contributed by atoms with E-state index in [1.54, 1.807) is 32.2 Å². The number of anilines is 1. The highest BCUT2D eigenvalue weighted by molar-refractivity contribution is 7.92. The molecule has 0 unspecified atom stereocenters. The summed E-state index contributed by atoms with van der Waals surface area (Å²) < 4.78 is 30.0. The molecule has 1 atom stereocenters. The van der Waals surface area contributed by atoms with Crippen molar-refractivity contribution in [3.8, 4) is 5.75 Å². The minimum atomic E-state index is -3.36. The van der Waals surface area contributed by atoms with Gasteiger partial charge < -0.3 is 10.1 Å². The second kappa shape index (κ2) is 9.31. The van der Waals surface area contributed by atoms with Gasteiger partial charge in [0.15, 0.2) is 0 Å². The van der Waals surface area contributed by atoms with E-state index in [0.29, 0.717) is 17.2 Å². The van der Waals surface area contributed by atoms with Crippen LogP contribution in [0.2, 0.25) is 0 Å². The number of hydrogen-bond donors (Lipinski definition) is 1. The van der Waals surface area contributed by atoms with E-state index >= 15 is 0 Å². The van der Waals surface area contributed by atoms with Gasteiger partial charge in [0.25, 0.3) is 5.91 Å². The third-order valence-corrected chi connectivity index (χ3v) is 6.02. The molecule has 1 amide bonds. The maximum Gasteiger partial charge on any atom is 0.251 e. The van der Waals surface area contributed by atoms with Crippen molar-refractivity contribution in [2.45, 2.75) is 33.2 Å². The first-order valence-corrected chi connectivity index (χ1v) is 11.4. The molecule has 29 heavy (non-hydrogen) atoms. The van der Waals surface area contributed by atoms with Crippen LogP contribution in [0.25, 0.3) is 0 Å². The average Bonchev–Trinajstić information content (AvgIpc) is 2.65. The first-order chi connectivity index (χ1) is 13.5. The quantitative estimate of drug-likeness (QED) is 0.705. The predicted octanol–water partition coefficient (Wildman–Crippen LogP) is 3.92. The van der Waals surface area contributed by atoms with Crippen molar-refractivity contribution < 1.29 is 17.9 Å². The Kier molecular flexibility index (Phi) is 7.30. The predicted molar refractivity (Wildman–Crippen MR) is 117 cm³/mol. The number of rotatable bonds is 8. The molecule has 0 aliphatic carbocycles. The van der Waals surface area contributed by atoms with Gasteiger partial charge >= 0.3 is 0 Å². The topological polar surface area (TPSA) is 75.7 Å². The highest BCUT2D eigenvalue weighted by atomic mass is 32.2. The Morgan fingerprint density at radius 1 is 1.14 bits per heavy atom. The molecule has 2 aromatic carbocycles. The van der Waals surface area contributed by atoms with Crippen LogP contribution < -0.4 is 14.4 Å². The molecule has 158 valence electrons. The summed E-state index contributed by atoms with van der Waals surface area (Å²) in [4.78, 5) is 12.9. The van der Waals surface area contributed by atoms with Crippen LogP contribution in [-0.4, -0.2) is 34.7 Å². The molecule has 0 aromatic heterocycles. The molecule has 0 aliphatic rings. The van der Waals surface area contributed by atoms with Crippen LogP contribution in [0.3, 0.4) is 0 Å². The zero-order valence-electron chi connectivity index (χ0n) is 17.9. The molecule has 0 heterocycles. The Hall–Kier alpha value is -2.54. The standard InChI is InChI=1S/C22H30N2O4S/c1-15(2)13-20(17-7-10-19(28-5)11-8-17)23-22(25)18-9-12-21(16(3)14-18)24(4)29(6,26)27/h7-12,14-15,20H,13H2,1-6H3,(H,23,25)/t20-/m0/s1. The number of hydrogen-bond acceptors (Lipinski definition) is 4. The maximum atomic E-state index is 12.9. The van der Waals surface area contributed by atoms with Crippen LogP contribution in [0.1, 0.15) is 47.8 Å². The van der Waals surface area contributed by atoms with Gasteiger partial charge in [-0.2, -0.15) is 0 Å². The van der Waals surface area contributed by atoms with Crippen molar-refractivity contribution in [2.75, 3.05) is 24.7 Å². The number of ether oxygens (including phenoxy) is 1. The Morgan fingerprint density at radius 2 is 1.76 bits per heavy atom. The molecule has 0 saturated heterocycles. The summed E-state index contributed by atoms with van der Waals surface area (Å²) in [5.41, 5.74) is 2.78. The van der Waals surface area contributed by atoms with Gasteiger partial charge in [-0.15, -0.1) is 0 Å². The second-order valence-corrected chi connectivity index (χ2v) is 9.67. The molecule has 0 fully saturated rings. The first kappa shape index (κ1) is 22.7. The third-order valence-electron chi connectivity index (χ3n) is 4.83. The van der Waals surface area contributed by atoms with Gasteiger partial charge in [-0.1, -0.05) is 26.0 Å². The smallest absolute Gasteiger partial charge is 0.251 e. The molecule has 1 N–H and O–H groups in total. The normalized spacial score (nSPS) is 12.5. The number of nitrogens with one attached hydrogen (secondary N) is 1. The first-order valence-electron chi connectivity index (χ1n) is 9.52. The summed E-state index contributed by atoms with van der Waals surface area (Å²) in [6, 6.07) is 12.6. The minimum absolute atomic E-state index is 0.132. The number of aryl methyl sites for hydroxylation is 1. The van der Waals surface area contributed by atoms with Gasteiger partial charge in [-0.25, -0.2) is 8.42 Å². The van der Waals surface area contributed by atoms with E-state index in [1.165, 1.54) is 11.4 Å². The van der Waals surface area contributed by atoms with E-state index in [2.05, 4.69) is 19.2 Å². The summed E-state index contributed by atoms with van der Waals surface area (Å²) in [5, 5.41) is 3.11. The fourth-order valence-electron chi connectivity index (χ4n) is 3.16. The molecule has 2 aromatic rings. The molecule has 0 radical (unpaired) electrons. The van der Waals surface area contributed by atoms with Crippen LogP contribution in [0, 0.1) is 12.8 Å². The van der Waals surface area contributed by atoms with Crippen molar-refractivity contribution >= 4 is 21.6 Å². The molecule has 7 heteroatoms. The van der Waals surface area contributed by atoms with Gasteiger partial charge in [0.1, 0.15) is 5.75 Å². The van der Waals surface area contributed by atoms with Crippen molar-refractivity contribution in [2.24, 2.45) is 5.92 Å². The van der Waals surface area contributed by atoms with E-state index < -0.39 is 10.0 Å². The Morgan fingerprint density at radius 3 is 2.24 bits per heavy atom. The number of sulfonamides is 1. The monoisotopic (exact) mass is 418 g/mol. The van der Waals surface area contributed by atoms with E-state index in [-0.39, 0.29) is 11.9 Å². The van der Waals surface area contributed by atoms with Crippen LogP contribution >= 0.6 is 0 Å². The fourth-order valence-corrected chi connectivity index (χ4v) is 3.72. The lowest BCUT2D eigenvalue weighted by atomic mass is 9.96. The van der Waals surface area contributed by atoms with Gasteiger partial charge in [0.2, 0.25) is 10.0 Å². The molecule has 0 aliphatic heterocycles. The van der Waals surface area contributed by atoms with Crippen LogP contribution in [0.15, 0.2) is 42.5 Å². The Labute approximate surface area is 173 Å². The summed E-state index contributed by atoms with van der Waals surface area (Å²) in [6.45, 7) is 6.02. The summed E-state index contributed by atoms with van der Waals surface area (Å²) in [7, 11) is -0.243. The van der Waals surface area contributed by atoms with E-state index in [9.17, 15) is 13.2 Å². The van der Waals surface area contributed by atoms with Gasteiger partial charge in [0, 0.05) is 12.6 Å². The lowest BCUT2D eigenvalue weighted by molar-refractivity contribution is 0.0932. The molecule has 2 rings (SSSR count). The summed E-state index contributed by atoms with van der Waals surface area (Å²) >= 11 is 0. The molecule has 0 saturated carbocycles. The number of nitrogens with zero attached hydrogens (tertiary/aromatic N) is 1. The summed E-state index contributed by atoms with van der Waals surface area (Å²) in [5.74, 6) is 0.975. The molecule has 0 bridgehead atoms. The number of methoxy groups -OCH3 is 1. The van der Waals surface area contributed by atoms with Crippen LogP contribution in [-0.2, 0) is 10.0 Å². The van der Waals surface area contributed by atoms with Crippen molar-refractivity contribution in [3.63, 3.8) is 0 Å². The number of benzene rings is 2. The largest absolute Gasteiger partial charge is 0.497 e. The Bertz CT molecular complexity index is 953. The van der Waals surface area contributed by atoms with E-state index in [0.717, 1.165) is 29.6 Å². The van der Waals surface area contributed by atoms with Crippen LogP contribution in [0.5, 0.6) is 5.75 Å². The van der Waals surface area contributed by atoms with E-state index in [1.807, 2.05) is 24.3 Å². The third kappa shape index (κ3) is 5.97. The maximum absolute atomic E-state index is 12.9. The lowest BCUT2D eigenvalue weighted by Gasteiger charge is -2.22. The number of carbonyl (C=O) groups is 1. The zero-order chi connectivity index (χ0) is 21.8. The second-order valence-electron chi connectivity index (χ2n) is 7.66. The van der Waals surface area contributed by atoms with Crippen molar-refractivity contribution in [1.29, 1.82) is 0 Å².